The fourth-order valence-electron chi connectivity index (χ4n) is 1.42. The van der Waals surface area contributed by atoms with Gasteiger partial charge in [-0.1, -0.05) is 18.3 Å². The van der Waals surface area contributed by atoms with Gasteiger partial charge in [0.1, 0.15) is 4.99 Å². The molecule has 0 bridgehead atoms. The number of thiocarbonyl (C=S) groups is 1. The number of rotatable bonds is 3. The lowest BCUT2D eigenvalue weighted by molar-refractivity contribution is 0.754. The highest BCUT2D eigenvalue weighted by Crippen LogP contribution is 2.22. The van der Waals surface area contributed by atoms with E-state index in [2.05, 4.69) is 38.8 Å². The maximum atomic E-state index is 5.71. The number of anilines is 1. The van der Waals surface area contributed by atoms with Crippen LogP contribution in [0.2, 0.25) is 0 Å². The predicted octanol–water partition coefficient (Wildman–Crippen LogP) is 2.47. The minimum absolute atomic E-state index is 0.430. The van der Waals surface area contributed by atoms with Crippen LogP contribution in [0.15, 0.2) is 18.2 Å². The lowest BCUT2D eigenvalue weighted by atomic mass is 10.1. The van der Waals surface area contributed by atoms with Crippen LogP contribution in [0.25, 0.3) is 0 Å². The standard InChI is InChI=1S/C12H18N2S/c1-8(2)14(4)11-7-9(3)5-6-10(11)12(13)15/h5-8H,1-4H3,(H2,13,15). The highest BCUT2D eigenvalue weighted by Gasteiger charge is 2.11. The topological polar surface area (TPSA) is 29.3 Å². The fraction of sp³-hybridized carbons (Fsp3) is 0.417. The van der Waals surface area contributed by atoms with E-state index in [0.717, 1.165) is 11.3 Å². The number of aryl methyl sites for hydroxylation is 1. The molecule has 0 aliphatic rings. The lowest BCUT2D eigenvalue weighted by Gasteiger charge is -2.26. The first-order valence-electron chi connectivity index (χ1n) is 5.06. The Morgan fingerprint density at radius 2 is 2.00 bits per heavy atom. The molecular weight excluding hydrogens is 204 g/mol. The molecule has 1 rings (SSSR count). The van der Waals surface area contributed by atoms with E-state index in [4.69, 9.17) is 18.0 Å². The van der Waals surface area contributed by atoms with Crippen molar-refractivity contribution in [3.05, 3.63) is 29.3 Å². The molecule has 0 saturated heterocycles. The van der Waals surface area contributed by atoms with Gasteiger partial charge in [0, 0.05) is 24.3 Å². The van der Waals surface area contributed by atoms with E-state index in [1.807, 2.05) is 12.1 Å². The van der Waals surface area contributed by atoms with Crippen LogP contribution in [0.4, 0.5) is 5.69 Å². The first kappa shape index (κ1) is 12.0. The van der Waals surface area contributed by atoms with E-state index < -0.39 is 0 Å². The molecule has 15 heavy (non-hydrogen) atoms. The van der Waals surface area contributed by atoms with Crippen molar-refractivity contribution in [3.8, 4) is 0 Å². The third-order valence-electron chi connectivity index (χ3n) is 2.57. The number of benzene rings is 1. The molecule has 3 heteroatoms. The summed E-state index contributed by atoms with van der Waals surface area (Å²) in [6.07, 6.45) is 0. The summed E-state index contributed by atoms with van der Waals surface area (Å²) in [5, 5.41) is 0. The van der Waals surface area contributed by atoms with Crippen LogP contribution in [0.5, 0.6) is 0 Å². The number of hydrogen-bond donors (Lipinski definition) is 1. The van der Waals surface area contributed by atoms with Crippen LogP contribution in [0.1, 0.15) is 25.0 Å². The van der Waals surface area contributed by atoms with Gasteiger partial charge in [0.15, 0.2) is 0 Å². The normalized spacial score (nSPS) is 10.5. The Kier molecular flexibility index (Phi) is 3.69. The van der Waals surface area contributed by atoms with Crippen molar-refractivity contribution in [3.63, 3.8) is 0 Å². The van der Waals surface area contributed by atoms with Crippen LogP contribution in [0.3, 0.4) is 0 Å². The maximum absolute atomic E-state index is 5.71. The second kappa shape index (κ2) is 4.62. The van der Waals surface area contributed by atoms with E-state index in [1.165, 1.54) is 5.56 Å². The van der Waals surface area contributed by atoms with Gasteiger partial charge in [0.05, 0.1) is 0 Å². The highest BCUT2D eigenvalue weighted by molar-refractivity contribution is 7.80. The van der Waals surface area contributed by atoms with Gasteiger partial charge >= 0.3 is 0 Å². The minimum Gasteiger partial charge on any atom is -0.389 e. The Morgan fingerprint density at radius 3 is 2.47 bits per heavy atom. The van der Waals surface area contributed by atoms with E-state index in [9.17, 15) is 0 Å². The predicted molar refractivity (Wildman–Crippen MR) is 70.6 cm³/mol. The van der Waals surface area contributed by atoms with Crippen molar-refractivity contribution < 1.29 is 0 Å². The molecular formula is C12H18N2S. The first-order chi connectivity index (χ1) is 6.93. The molecule has 0 unspecified atom stereocenters. The van der Waals surface area contributed by atoms with Crippen molar-refractivity contribution in [2.45, 2.75) is 26.8 Å². The molecule has 0 atom stereocenters. The second-order valence-electron chi connectivity index (χ2n) is 4.09. The Balaban J connectivity index is 3.24. The molecule has 0 amide bonds. The molecule has 82 valence electrons. The second-order valence-corrected chi connectivity index (χ2v) is 4.53. The minimum atomic E-state index is 0.430. The molecule has 2 nitrogen and oxygen atoms in total. The van der Waals surface area contributed by atoms with Gasteiger partial charge in [-0.2, -0.15) is 0 Å². The van der Waals surface area contributed by atoms with Crippen molar-refractivity contribution in [1.82, 2.24) is 0 Å². The van der Waals surface area contributed by atoms with Crippen molar-refractivity contribution in [2.75, 3.05) is 11.9 Å². The maximum Gasteiger partial charge on any atom is 0.106 e. The summed E-state index contributed by atoms with van der Waals surface area (Å²) in [6, 6.07) is 6.58. The van der Waals surface area contributed by atoms with E-state index in [1.54, 1.807) is 0 Å². The number of hydrogen-bond acceptors (Lipinski definition) is 2. The van der Waals surface area contributed by atoms with E-state index in [0.29, 0.717) is 11.0 Å². The zero-order valence-corrected chi connectivity index (χ0v) is 10.6. The van der Waals surface area contributed by atoms with Crippen LogP contribution in [-0.2, 0) is 0 Å². The molecule has 0 heterocycles. The SMILES string of the molecule is Cc1ccc(C(N)=S)c(N(C)C(C)C)c1. The van der Waals surface area contributed by atoms with E-state index in [-0.39, 0.29) is 0 Å². The van der Waals surface area contributed by atoms with Crippen LogP contribution < -0.4 is 10.6 Å². The molecule has 0 saturated carbocycles. The number of nitrogens with zero attached hydrogens (tertiary/aromatic N) is 1. The van der Waals surface area contributed by atoms with Gasteiger partial charge in [-0.05, 0) is 38.5 Å². The smallest absolute Gasteiger partial charge is 0.106 e. The van der Waals surface area contributed by atoms with Crippen molar-refractivity contribution in [1.29, 1.82) is 0 Å². The van der Waals surface area contributed by atoms with Gasteiger partial charge in [-0.15, -0.1) is 0 Å². The van der Waals surface area contributed by atoms with Gasteiger partial charge in [-0.3, -0.25) is 0 Å². The van der Waals surface area contributed by atoms with Gasteiger partial charge in [0.25, 0.3) is 0 Å². The molecule has 0 aromatic heterocycles. The Labute approximate surface area is 97.1 Å². The third kappa shape index (κ3) is 2.69. The summed E-state index contributed by atoms with van der Waals surface area (Å²) in [7, 11) is 2.06. The summed E-state index contributed by atoms with van der Waals surface area (Å²) in [6.45, 7) is 6.36. The Hall–Kier alpha value is -1.09. The largest absolute Gasteiger partial charge is 0.389 e. The molecule has 1 aromatic rings. The third-order valence-corrected chi connectivity index (χ3v) is 2.79. The van der Waals surface area contributed by atoms with Gasteiger partial charge in [0.2, 0.25) is 0 Å². The first-order valence-corrected chi connectivity index (χ1v) is 5.47. The van der Waals surface area contributed by atoms with Crippen LogP contribution in [0, 0.1) is 6.92 Å². The van der Waals surface area contributed by atoms with Crippen LogP contribution >= 0.6 is 12.2 Å². The van der Waals surface area contributed by atoms with Crippen molar-refractivity contribution >= 4 is 22.9 Å². The zero-order valence-electron chi connectivity index (χ0n) is 9.74. The van der Waals surface area contributed by atoms with Gasteiger partial charge < -0.3 is 10.6 Å². The summed E-state index contributed by atoms with van der Waals surface area (Å²) < 4.78 is 0. The molecule has 0 fully saturated rings. The highest BCUT2D eigenvalue weighted by atomic mass is 32.1. The molecule has 1 aromatic carbocycles. The summed E-state index contributed by atoms with van der Waals surface area (Å²) in [5.74, 6) is 0. The zero-order chi connectivity index (χ0) is 11.6. The quantitative estimate of drug-likeness (QED) is 0.797. The lowest BCUT2D eigenvalue weighted by Crippen LogP contribution is -2.28. The molecule has 2 N–H and O–H groups in total. The monoisotopic (exact) mass is 222 g/mol. The van der Waals surface area contributed by atoms with Crippen molar-refractivity contribution in [2.24, 2.45) is 5.73 Å². The summed E-state index contributed by atoms with van der Waals surface area (Å²) in [5.41, 5.74) is 8.99. The average Bonchev–Trinajstić information content (AvgIpc) is 2.15. The Morgan fingerprint density at radius 1 is 1.40 bits per heavy atom. The molecule has 0 aliphatic carbocycles. The summed E-state index contributed by atoms with van der Waals surface area (Å²) in [4.78, 5) is 2.64. The fourth-order valence-corrected chi connectivity index (χ4v) is 1.59. The average molecular weight is 222 g/mol. The molecule has 0 aliphatic heterocycles. The molecule has 0 spiro atoms. The van der Waals surface area contributed by atoms with E-state index >= 15 is 0 Å². The Bertz CT molecular complexity index is 372. The molecule has 0 radical (unpaired) electrons. The number of nitrogens with two attached hydrogens (primary N) is 1. The van der Waals surface area contributed by atoms with Crippen LogP contribution in [-0.4, -0.2) is 18.1 Å². The summed E-state index contributed by atoms with van der Waals surface area (Å²) >= 11 is 5.05. The van der Waals surface area contributed by atoms with Gasteiger partial charge in [-0.25, -0.2) is 0 Å².